The molecular formula is C35H34ClNO5S2. The summed E-state index contributed by atoms with van der Waals surface area (Å²) in [6.07, 6.45) is 10.2. The Kier molecular flexibility index (Phi) is 8.28. The van der Waals surface area contributed by atoms with Gasteiger partial charge in [0.1, 0.15) is 5.75 Å². The van der Waals surface area contributed by atoms with Crippen LogP contribution in [0.3, 0.4) is 0 Å². The molecule has 0 bridgehead atoms. The van der Waals surface area contributed by atoms with E-state index in [4.69, 9.17) is 16.3 Å². The van der Waals surface area contributed by atoms with Crippen LogP contribution in [0.15, 0.2) is 76.1 Å². The molecule has 9 heteroatoms. The Labute approximate surface area is 271 Å². The zero-order chi connectivity index (χ0) is 31.3. The van der Waals surface area contributed by atoms with Gasteiger partial charge in [0.25, 0.3) is 0 Å². The molecule has 0 radical (unpaired) electrons. The van der Waals surface area contributed by atoms with Crippen molar-refractivity contribution in [1.82, 2.24) is 0 Å². The minimum atomic E-state index is -1.33. The summed E-state index contributed by atoms with van der Waals surface area (Å²) in [5.41, 5.74) is -0.504. The zero-order valence-electron chi connectivity index (χ0n) is 24.7. The molecule has 0 heterocycles. The Hall–Kier alpha value is -2.99. The van der Waals surface area contributed by atoms with Crippen molar-refractivity contribution >= 4 is 52.0 Å². The quantitative estimate of drug-likeness (QED) is 0.313. The fourth-order valence-electron chi connectivity index (χ4n) is 8.52. The lowest BCUT2D eigenvalue weighted by Gasteiger charge is -2.58. The molecule has 44 heavy (non-hydrogen) atoms. The van der Waals surface area contributed by atoms with Crippen LogP contribution in [-0.2, 0) is 14.3 Å². The number of nitrogens with zero attached hydrogens (tertiary/aromatic N) is 1. The number of esters is 1. The van der Waals surface area contributed by atoms with E-state index in [1.165, 1.54) is 23.4 Å². The summed E-state index contributed by atoms with van der Waals surface area (Å²) in [7, 11) is 0. The number of halogens is 1. The van der Waals surface area contributed by atoms with Gasteiger partial charge in [0.05, 0.1) is 22.4 Å². The molecule has 6 nitrogen and oxygen atoms in total. The second-order valence-electron chi connectivity index (χ2n) is 12.8. The van der Waals surface area contributed by atoms with Gasteiger partial charge in [0.15, 0.2) is 11.4 Å². The normalized spacial score (nSPS) is 32.1. The number of ether oxygens (including phenoxy) is 1. The number of fused-ring (bicyclic) bond motifs is 5. The minimum absolute atomic E-state index is 0.00316. The number of aromatic hydroxyl groups is 1. The second-order valence-corrected chi connectivity index (χ2v) is 15.3. The van der Waals surface area contributed by atoms with Gasteiger partial charge in [-0.3, -0.25) is 9.59 Å². The molecule has 0 aromatic heterocycles. The standard InChI is InChI=1S/C35H34ClNO5S2/c1-33-14-11-23(38)19-22(33)5-9-26-27(33)12-15-34(2)28(26)13-16-35(34,32(41)43-18-17-37)42-31(40)21-3-6-24(7-4-21)44-25-8-10-30(39)29(36)20-25/h3-4,6-8,10-11,14,19-20,26-28,39H,5,9,12-13,15-16,18H2,1-2H3/t26?,27?,28?,33?,34?,35-/m0/s1. The molecule has 2 aromatic carbocycles. The number of thioether (sulfide) groups is 1. The maximum absolute atomic E-state index is 14.0. The molecule has 3 fully saturated rings. The fourth-order valence-corrected chi connectivity index (χ4v) is 10.4. The number of carbonyl (C=O) groups excluding carboxylic acids is 3. The Morgan fingerprint density at radius 1 is 1.07 bits per heavy atom. The van der Waals surface area contributed by atoms with Crippen molar-refractivity contribution in [3.63, 3.8) is 0 Å². The van der Waals surface area contributed by atoms with Gasteiger partial charge < -0.3 is 9.84 Å². The molecular weight excluding hydrogens is 614 g/mol. The second kappa shape index (κ2) is 11.7. The van der Waals surface area contributed by atoms with Gasteiger partial charge in [-0.1, -0.05) is 60.6 Å². The summed E-state index contributed by atoms with van der Waals surface area (Å²) in [5.74, 6) is 0.408. The van der Waals surface area contributed by atoms with E-state index in [1.54, 1.807) is 30.3 Å². The van der Waals surface area contributed by atoms with Gasteiger partial charge in [-0.2, -0.15) is 5.26 Å². The first-order chi connectivity index (χ1) is 21.0. The summed E-state index contributed by atoms with van der Waals surface area (Å²) in [5, 5.41) is 19.0. The lowest BCUT2D eigenvalue weighted by atomic mass is 9.47. The molecule has 0 aliphatic heterocycles. The van der Waals surface area contributed by atoms with Gasteiger partial charge in [-0.05, 0) is 111 Å². The van der Waals surface area contributed by atoms with E-state index in [-0.39, 0.29) is 38.8 Å². The van der Waals surface area contributed by atoms with Crippen LogP contribution in [0.5, 0.6) is 5.75 Å². The lowest BCUT2D eigenvalue weighted by molar-refractivity contribution is -0.153. The number of benzene rings is 2. The van der Waals surface area contributed by atoms with Crippen LogP contribution >= 0.6 is 35.1 Å². The van der Waals surface area contributed by atoms with Gasteiger partial charge in [-0.15, -0.1) is 0 Å². The average Bonchev–Trinajstić information content (AvgIpc) is 3.31. The topological polar surface area (TPSA) is 104 Å². The van der Waals surface area contributed by atoms with Crippen LogP contribution < -0.4 is 0 Å². The number of ketones is 1. The third kappa shape index (κ3) is 5.11. The Morgan fingerprint density at radius 2 is 1.80 bits per heavy atom. The molecule has 6 atom stereocenters. The van der Waals surface area contributed by atoms with E-state index in [0.29, 0.717) is 23.8 Å². The highest BCUT2D eigenvalue weighted by atomic mass is 35.5. The summed E-state index contributed by atoms with van der Waals surface area (Å²) < 4.78 is 6.39. The van der Waals surface area contributed by atoms with Gasteiger partial charge in [-0.25, -0.2) is 4.79 Å². The molecule has 228 valence electrons. The van der Waals surface area contributed by atoms with Crippen molar-refractivity contribution in [3.8, 4) is 11.8 Å². The predicted molar refractivity (Wildman–Crippen MR) is 172 cm³/mol. The number of hydrogen-bond acceptors (Lipinski definition) is 8. The predicted octanol–water partition coefficient (Wildman–Crippen LogP) is 8.18. The van der Waals surface area contributed by atoms with Crippen LogP contribution in [0.2, 0.25) is 5.02 Å². The number of phenolic OH excluding ortho intramolecular Hbond substituents is 1. The van der Waals surface area contributed by atoms with Crippen molar-refractivity contribution in [1.29, 1.82) is 5.26 Å². The Morgan fingerprint density at radius 3 is 2.52 bits per heavy atom. The third-order valence-corrected chi connectivity index (χ3v) is 13.0. The highest BCUT2D eigenvalue weighted by Gasteiger charge is 2.68. The van der Waals surface area contributed by atoms with E-state index in [9.17, 15) is 24.8 Å². The molecule has 0 saturated heterocycles. The highest BCUT2D eigenvalue weighted by molar-refractivity contribution is 8.14. The fraction of sp³-hybridized carbons (Fsp3) is 0.429. The maximum Gasteiger partial charge on any atom is 0.339 e. The maximum atomic E-state index is 14.0. The largest absolute Gasteiger partial charge is 0.506 e. The van der Waals surface area contributed by atoms with Crippen LogP contribution in [0.25, 0.3) is 0 Å². The molecule has 1 N–H and O–H groups in total. The van der Waals surface area contributed by atoms with E-state index in [2.05, 4.69) is 26.0 Å². The Balaban J connectivity index is 1.26. The summed E-state index contributed by atoms with van der Waals surface area (Å²) >= 11 is 8.44. The third-order valence-electron chi connectivity index (χ3n) is 10.8. The van der Waals surface area contributed by atoms with Crippen LogP contribution in [0.4, 0.5) is 0 Å². The van der Waals surface area contributed by atoms with Crippen molar-refractivity contribution in [3.05, 3.63) is 76.9 Å². The first-order valence-corrected chi connectivity index (χ1v) is 17.2. The van der Waals surface area contributed by atoms with Crippen LogP contribution in [0.1, 0.15) is 62.7 Å². The molecule has 0 amide bonds. The lowest BCUT2D eigenvalue weighted by Crippen LogP contribution is -2.58. The van der Waals surface area contributed by atoms with E-state index in [0.717, 1.165) is 53.7 Å². The van der Waals surface area contributed by atoms with Crippen molar-refractivity contribution in [2.45, 2.75) is 67.8 Å². The molecule has 6 rings (SSSR count). The van der Waals surface area contributed by atoms with E-state index < -0.39 is 17.0 Å². The summed E-state index contributed by atoms with van der Waals surface area (Å²) in [6.45, 7) is 4.37. The number of carbonyl (C=O) groups is 3. The first kappa shape index (κ1) is 31.0. The molecule has 4 aliphatic carbocycles. The van der Waals surface area contributed by atoms with Crippen molar-refractivity contribution < 1.29 is 24.2 Å². The van der Waals surface area contributed by atoms with Gasteiger partial charge >= 0.3 is 5.97 Å². The SMILES string of the molecule is CC12C=CC(=O)C=C1CCC1C2CCC2(C)C1CC[C@]2(OC(=O)c1ccc(Sc2ccc(O)c(Cl)c2)cc1)C(=O)SCC#N. The number of rotatable bonds is 6. The Bertz CT molecular complexity index is 1630. The van der Waals surface area contributed by atoms with Crippen LogP contribution in [-0.4, -0.2) is 33.3 Å². The monoisotopic (exact) mass is 647 g/mol. The van der Waals surface area contributed by atoms with Crippen LogP contribution in [0, 0.1) is 39.9 Å². The summed E-state index contributed by atoms with van der Waals surface area (Å²) in [4.78, 5) is 41.6. The molecule has 3 saturated carbocycles. The van der Waals surface area contributed by atoms with E-state index in [1.807, 2.05) is 18.2 Å². The number of hydrogen-bond donors (Lipinski definition) is 1. The van der Waals surface area contributed by atoms with E-state index >= 15 is 0 Å². The zero-order valence-corrected chi connectivity index (χ0v) is 27.1. The number of nitriles is 1. The minimum Gasteiger partial charge on any atom is -0.506 e. The molecule has 5 unspecified atom stereocenters. The molecule has 2 aromatic rings. The molecule has 0 spiro atoms. The van der Waals surface area contributed by atoms with Crippen molar-refractivity contribution in [2.75, 3.05) is 5.75 Å². The number of phenols is 1. The average molecular weight is 648 g/mol. The molecule has 4 aliphatic rings. The van der Waals surface area contributed by atoms with Gasteiger partial charge in [0.2, 0.25) is 5.12 Å². The highest BCUT2D eigenvalue weighted by Crippen LogP contribution is 2.68. The first-order valence-electron chi connectivity index (χ1n) is 15.0. The van der Waals surface area contributed by atoms with Gasteiger partial charge in [0, 0.05) is 20.6 Å². The van der Waals surface area contributed by atoms with Crippen molar-refractivity contribution in [2.24, 2.45) is 28.6 Å². The summed E-state index contributed by atoms with van der Waals surface area (Å²) in [6, 6.07) is 14.1. The number of allylic oxidation sites excluding steroid dienone is 4. The smallest absolute Gasteiger partial charge is 0.339 e.